The second kappa shape index (κ2) is 8.48. The van der Waals surface area contributed by atoms with E-state index >= 15 is 0 Å². The minimum absolute atomic E-state index is 0.0229. The first-order valence-corrected chi connectivity index (χ1v) is 10.4. The Labute approximate surface area is 190 Å². The normalized spacial score (nSPS) is 20.2. The number of nitrogens with zero attached hydrogens (tertiary/aromatic N) is 3. The molecule has 1 heterocycles. The van der Waals surface area contributed by atoms with Crippen molar-refractivity contribution in [2.24, 2.45) is 10.2 Å². The van der Waals surface area contributed by atoms with Gasteiger partial charge in [0.2, 0.25) is 5.54 Å². The maximum atomic E-state index is 13.0. The lowest BCUT2D eigenvalue weighted by Gasteiger charge is -2.30. The van der Waals surface area contributed by atoms with Gasteiger partial charge in [-0.1, -0.05) is 48.6 Å². The van der Waals surface area contributed by atoms with Gasteiger partial charge in [-0.3, -0.25) is 9.89 Å². The van der Waals surface area contributed by atoms with Gasteiger partial charge in [0.05, 0.1) is 11.4 Å². The Morgan fingerprint density at radius 3 is 2.48 bits per heavy atom. The maximum Gasteiger partial charge on any atom is 0.340 e. The summed E-state index contributed by atoms with van der Waals surface area (Å²) in [7, 11) is 0. The topological polar surface area (TPSA) is 120 Å². The number of aryl methyl sites for hydroxylation is 3. The Bertz CT molecular complexity index is 1360. The van der Waals surface area contributed by atoms with Crippen molar-refractivity contribution in [3.63, 3.8) is 0 Å². The van der Waals surface area contributed by atoms with Crippen LogP contribution < -0.4 is 5.56 Å². The number of azo groups is 1. The number of carboxylic acids is 1. The molecule has 0 saturated heterocycles. The molecule has 0 fully saturated rings. The first-order chi connectivity index (χ1) is 15.7. The lowest BCUT2D eigenvalue weighted by atomic mass is 9.81. The number of carbonyl (C=O) groups is 1. The van der Waals surface area contributed by atoms with Gasteiger partial charge in [0.1, 0.15) is 6.10 Å². The minimum Gasteiger partial charge on any atom is -0.479 e. The molecule has 1 aliphatic rings. The molecule has 1 aliphatic carbocycles. The first kappa shape index (κ1) is 22.2. The van der Waals surface area contributed by atoms with E-state index in [1.54, 1.807) is 37.3 Å². The minimum atomic E-state index is -2.07. The van der Waals surface area contributed by atoms with Crippen LogP contribution in [-0.2, 0) is 4.79 Å². The third-order valence-electron chi connectivity index (χ3n) is 5.89. The Kier molecular flexibility index (Phi) is 5.69. The smallest absolute Gasteiger partial charge is 0.340 e. The standard InChI is InChI=1S/C25H24N4O4/c1-15-11-12-19(14-16(15)2)29-23(31)21(17(3)27-29)26-28-25(24(32)33)13-7-10-20(22(25)30)18-8-5-4-6-9-18/h4-14,22,27,30H,1-3H3,(H,32,33). The molecule has 0 spiro atoms. The SMILES string of the molecule is Cc1ccc(-n2[nH]c(C)c(N=NC3(C(=O)O)C=CC=C(c4ccccc4)C3O)c2=O)cc1C. The van der Waals surface area contributed by atoms with Crippen molar-refractivity contribution in [2.45, 2.75) is 32.4 Å². The average molecular weight is 444 g/mol. The molecule has 2 atom stereocenters. The number of carboxylic acid groups (broad SMARTS) is 1. The van der Waals surface area contributed by atoms with Gasteiger partial charge in [-0.25, -0.2) is 9.48 Å². The summed E-state index contributed by atoms with van der Waals surface area (Å²) in [5, 5.41) is 32.0. The molecule has 8 nitrogen and oxygen atoms in total. The number of aliphatic carboxylic acids is 1. The molecule has 0 amide bonds. The zero-order valence-corrected chi connectivity index (χ0v) is 18.5. The van der Waals surface area contributed by atoms with Crippen molar-refractivity contribution in [1.29, 1.82) is 0 Å². The number of nitrogens with one attached hydrogen (secondary N) is 1. The highest BCUT2D eigenvalue weighted by atomic mass is 16.4. The van der Waals surface area contributed by atoms with Crippen molar-refractivity contribution in [2.75, 3.05) is 0 Å². The number of hydrogen-bond acceptors (Lipinski definition) is 5. The third-order valence-corrected chi connectivity index (χ3v) is 5.89. The van der Waals surface area contributed by atoms with Crippen molar-refractivity contribution in [3.05, 3.63) is 99.5 Å². The highest BCUT2D eigenvalue weighted by Crippen LogP contribution is 2.35. The molecule has 33 heavy (non-hydrogen) atoms. The van der Waals surface area contributed by atoms with E-state index in [-0.39, 0.29) is 5.69 Å². The fourth-order valence-electron chi connectivity index (χ4n) is 3.76. The number of allylic oxidation sites excluding steroid dienone is 2. The first-order valence-electron chi connectivity index (χ1n) is 10.4. The van der Waals surface area contributed by atoms with E-state index in [0.717, 1.165) is 11.1 Å². The highest BCUT2D eigenvalue weighted by molar-refractivity contribution is 5.89. The van der Waals surface area contributed by atoms with E-state index < -0.39 is 23.2 Å². The van der Waals surface area contributed by atoms with Crippen LogP contribution in [0.1, 0.15) is 22.4 Å². The van der Waals surface area contributed by atoms with E-state index in [2.05, 4.69) is 15.3 Å². The van der Waals surface area contributed by atoms with E-state index in [1.165, 1.54) is 16.8 Å². The fourth-order valence-corrected chi connectivity index (χ4v) is 3.76. The summed E-state index contributed by atoms with van der Waals surface area (Å²) >= 11 is 0. The van der Waals surface area contributed by atoms with Crippen LogP contribution in [0, 0.1) is 20.8 Å². The molecular formula is C25H24N4O4. The number of hydrogen-bond donors (Lipinski definition) is 3. The van der Waals surface area contributed by atoms with Crippen molar-refractivity contribution >= 4 is 17.2 Å². The molecule has 1 aromatic heterocycles. The number of aliphatic hydroxyl groups excluding tert-OH is 1. The van der Waals surface area contributed by atoms with Gasteiger partial charge in [0, 0.05) is 0 Å². The van der Waals surface area contributed by atoms with Crippen LogP contribution in [0.5, 0.6) is 0 Å². The number of H-pyrrole nitrogens is 1. The average Bonchev–Trinajstić information content (AvgIpc) is 3.09. The summed E-state index contributed by atoms with van der Waals surface area (Å²) in [6, 6.07) is 14.6. The van der Waals surface area contributed by atoms with E-state index in [4.69, 9.17) is 0 Å². The fraction of sp³-hybridized carbons (Fsp3) is 0.200. The van der Waals surface area contributed by atoms with E-state index in [1.807, 2.05) is 38.1 Å². The molecule has 0 aliphatic heterocycles. The van der Waals surface area contributed by atoms with Gasteiger partial charge in [0.15, 0.2) is 5.69 Å². The Morgan fingerprint density at radius 2 is 1.82 bits per heavy atom. The van der Waals surface area contributed by atoms with Crippen LogP contribution in [0.15, 0.2) is 81.8 Å². The lowest BCUT2D eigenvalue weighted by molar-refractivity contribution is -0.144. The summed E-state index contributed by atoms with van der Waals surface area (Å²) in [6.07, 6.45) is 2.96. The van der Waals surface area contributed by atoms with Crippen LogP contribution >= 0.6 is 0 Å². The predicted molar refractivity (Wildman–Crippen MR) is 125 cm³/mol. The van der Waals surface area contributed by atoms with Crippen molar-refractivity contribution in [1.82, 2.24) is 9.78 Å². The molecule has 3 aromatic rings. The maximum absolute atomic E-state index is 13.0. The monoisotopic (exact) mass is 444 g/mol. The summed E-state index contributed by atoms with van der Waals surface area (Å²) < 4.78 is 1.34. The van der Waals surface area contributed by atoms with Crippen LogP contribution in [0.2, 0.25) is 0 Å². The second-order valence-corrected chi connectivity index (χ2v) is 8.07. The van der Waals surface area contributed by atoms with Crippen LogP contribution in [-0.4, -0.2) is 37.6 Å². The summed E-state index contributed by atoms with van der Waals surface area (Å²) in [6.45, 7) is 5.59. The molecule has 2 unspecified atom stereocenters. The molecule has 3 N–H and O–H groups in total. The number of aliphatic hydroxyl groups is 1. The largest absolute Gasteiger partial charge is 0.479 e. The molecular weight excluding hydrogens is 420 g/mol. The van der Waals surface area contributed by atoms with E-state index in [9.17, 15) is 19.8 Å². The number of rotatable bonds is 5. The molecule has 4 rings (SSSR count). The number of aromatic nitrogens is 2. The van der Waals surface area contributed by atoms with Crippen LogP contribution in [0.4, 0.5) is 5.69 Å². The van der Waals surface area contributed by atoms with Gasteiger partial charge in [-0.05, 0) is 61.2 Å². The quantitative estimate of drug-likeness (QED) is 0.515. The second-order valence-electron chi connectivity index (χ2n) is 8.07. The molecule has 2 aromatic carbocycles. The molecule has 168 valence electrons. The summed E-state index contributed by atoms with van der Waals surface area (Å²) in [4.78, 5) is 25.3. The van der Waals surface area contributed by atoms with Gasteiger partial charge in [0.25, 0.3) is 5.56 Å². The Hall–Kier alpha value is -4.04. The number of aromatic amines is 1. The van der Waals surface area contributed by atoms with Gasteiger partial charge in [-0.15, -0.1) is 5.11 Å². The van der Waals surface area contributed by atoms with Gasteiger partial charge < -0.3 is 10.2 Å². The zero-order valence-electron chi connectivity index (χ0n) is 18.5. The third kappa shape index (κ3) is 3.85. The molecule has 8 heteroatoms. The Morgan fingerprint density at radius 1 is 1.09 bits per heavy atom. The predicted octanol–water partition coefficient (Wildman–Crippen LogP) is 4.01. The van der Waals surface area contributed by atoms with Crippen LogP contribution in [0.3, 0.4) is 0 Å². The molecule has 0 saturated carbocycles. The highest BCUT2D eigenvalue weighted by Gasteiger charge is 2.47. The Balaban J connectivity index is 1.74. The van der Waals surface area contributed by atoms with Crippen molar-refractivity contribution < 1.29 is 15.0 Å². The van der Waals surface area contributed by atoms with Crippen molar-refractivity contribution in [3.8, 4) is 5.69 Å². The lowest BCUT2D eigenvalue weighted by Crippen LogP contribution is -2.47. The molecule has 0 bridgehead atoms. The summed E-state index contributed by atoms with van der Waals surface area (Å²) in [5.74, 6) is -1.38. The summed E-state index contributed by atoms with van der Waals surface area (Å²) in [5.41, 5.74) is 1.69. The zero-order chi connectivity index (χ0) is 23.8. The van der Waals surface area contributed by atoms with Crippen LogP contribution in [0.25, 0.3) is 11.3 Å². The van der Waals surface area contributed by atoms with Gasteiger partial charge >= 0.3 is 5.97 Å². The number of benzene rings is 2. The van der Waals surface area contributed by atoms with E-state index in [0.29, 0.717) is 22.5 Å². The molecule has 0 radical (unpaired) electrons. The van der Waals surface area contributed by atoms with Gasteiger partial charge in [-0.2, -0.15) is 5.11 Å².